The largest absolute Gasteiger partial charge is 0.462 e. The Morgan fingerprint density at radius 2 is 1.10 bits per heavy atom. The average molecular weight is 293 g/mol. The van der Waals surface area contributed by atoms with E-state index < -0.39 is 8.15 Å². The monoisotopic (exact) mass is 293 g/mol. The van der Waals surface area contributed by atoms with Crippen LogP contribution in [-0.2, 0) is 0 Å². The van der Waals surface area contributed by atoms with E-state index in [0.29, 0.717) is 5.69 Å². The van der Waals surface area contributed by atoms with Crippen molar-refractivity contribution in [3.05, 3.63) is 84.9 Å². The molecule has 0 radical (unpaired) electrons. The molecule has 0 atom stereocenters. The molecule has 2 N–H and O–H groups in total. The van der Waals surface area contributed by atoms with E-state index in [1.807, 2.05) is 60.7 Å². The molecule has 0 aliphatic rings. The van der Waals surface area contributed by atoms with Crippen LogP contribution >= 0.6 is 8.15 Å². The van der Waals surface area contributed by atoms with Gasteiger partial charge < -0.3 is 10.3 Å². The molecule has 0 saturated carbocycles. The quantitative estimate of drug-likeness (QED) is 0.588. The van der Waals surface area contributed by atoms with Gasteiger partial charge >= 0.3 is 0 Å². The van der Waals surface area contributed by atoms with Crippen LogP contribution < -0.4 is 20.9 Å². The van der Waals surface area contributed by atoms with Gasteiger partial charge in [-0.3, -0.25) is 0 Å². The Hall–Kier alpha value is -2.31. The Balaban J connectivity index is 1.99. The van der Waals surface area contributed by atoms with E-state index in [2.05, 4.69) is 24.3 Å². The van der Waals surface area contributed by atoms with Gasteiger partial charge in [0.2, 0.25) is 0 Å². The van der Waals surface area contributed by atoms with Crippen LogP contribution in [-0.4, -0.2) is 0 Å². The topological polar surface area (TPSA) is 35.2 Å². The molecule has 0 spiro atoms. The summed E-state index contributed by atoms with van der Waals surface area (Å²) in [5.41, 5.74) is 6.67. The molecule has 0 amide bonds. The fourth-order valence-corrected chi connectivity index (χ4v) is 3.80. The van der Waals surface area contributed by atoms with Gasteiger partial charge in [0.05, 0.1) is 5.69 Å². The Morgan fingerprint density at radius 3 is 1.62 bits per heavy atom. The Kier molecular flexibility index (Phi) is 4.18. The van der Waals surface area contributed by atoms with Gasteiger partial charge in [-0.15, -0.1) is 0 Å². The first-order valence-corrected chi connectivity index (χ1v) is 8.03. The van der Waals surface area contributed by atoms with Crippen LogP contribution in [0.15, 0.2) is 84.9 Å². The first kappa shape index (κ1) is 13.7. The van der Waals surface area contributed by atoms with Crippen LogP contribution in [0.5, 0.6) is 5.75 Å². The zero-order valence-electron chi connectivity index (χ0n) is 11.5. The summed E-state index contributed by atoms with van der Waals surface area (Å²) in [4.78, 5) is 0. The predicted octanol–water partition coefficient (Wildman–Crippen LogP) is 3.70. The van der Waals surface area contributed by atoms with Crippen LogP contribution in [0.25, 0.3) is 0 Å². The van der Waals surface area contributed by atoms with Gasteiger partial charge in [-0.1, -0.05) is 72.8 Å². The summed E-state index contributed by atoms with van der Waals surface area (Å²) < 4.78 is 6.26. The average Bonchev–Trinajstić information content (AvgIpc) is 2.56. The van der Waals surface area contributed by atoms with Crippen LogP contribution in [0, 0.1) is 0 Å². The summed E-state index contributed by atoms with van der Waals surface area (Å²) >= 11 is 0. The van der Waals surface area contributed by atoms with Crippen molar-refractivity contribution in [3.63, 3.8) is 0 Å². The van der Waals surface area contributed by atoms with Crippen molar-refractivity contribution in [1.29, 1.82) is 0 Å². The number of para-hydroxylation sites is 2. The summed E-state index contributed by atoms with van der Waals surface area (Å²) in [6.45, 7) is 0. The standard InChI is InChI=1S/C18H16NOP/c19-17-13-7-8-14-18(17)20-21(15-9-3-1-4-10-15)16-11-5-2-6-12-16/h1-14H,19H2. The lowest BCUT2D eigenvalue weighted by Crippen LogP contribution is -2.15. The highest BCUT2D eigenvalue weighted by Crippen LogP contribution is 2.38. The highest BCUT2D eigenvalue weighted by molar-refractivity contribution is 7.68. The third-order valence-corrected chi connectivity index (χ3v) is 5.00. The number of hydrogen-bond acceptors (Lipinski definition) is 2. The number of nitrogen functional groups attached to an aromatic ring is 1. The van der Waals surface area contributed by atoms with Crippen molar-refractivity contribution in [2.75, 3.05) is 5.73 Å². The molecule has 0 heterocycles. The molecule has 3 aromatic rings. The third kappa shape index (κ3) is 3.24. The molecule has 2 nitrogen and oxygen atoms in total. The maximum Gasteiger partial charge on any atom is 0.150 e. The van der Waals surface area contributed by atoms with Gasteiger partial charge in [-0.25, -0.2) is 0 Å². The summed E-state index contributed by atoms with van der Waals surface area (Å²) in [6.07, 6.45) is 0. The minimum Gasteiger partial charge on any atom is -0.462 e. The molecule has 0 aliphatic carbocycles. The lowest BCUT2D eigenvalue weighted by atomic mass is 10.3. The Morgan fingerprint density at radius 1 is 0.619 bits per heavy atom. The summed E-state index contributed by atoms with van der Waals surface area (Å²) in [6, 6.07) is 28.2. The second-order valence-corrected chi connectivity index (χ2v) is 6.40. The molecule has 21 heavy (non-hydrogen) atoms. The normalized spacial score (nSPS) is 10.5. The second kappa shape index (κ2) is 6.43. The second-order valence-electron chi connectivity index (χ2n) is 4.59. The highest BCUT2D eigenvalue weighted by atomic mass is 31.1. The number of hydrogen-bond donors (Lipinski definition) is 1. The van der Waals surface area contributed by atoms with Crippen molar-refractivity contribution in [2.45, 2.75) is 0 Å². The first-order valence-electron chi connectivity index (χ1n) is 6.77. The van der Waals surface area contributed by atoms with E-state index in [0.717, 1.165) is 5.75 Å². The molecule has 0 saturated heterocycles. The van der Waals surface area contributed by atoms with Gasteiger partial charge in [0.25, 0.3) is 0 Å². The third-order valence-electron chi connectivity index (χ3n) is 3.09. The zero-order valence-corrected chi connectivity index (χ0v) is 12.4. The summed E-state index contributed by atoms with van der Waals surface area (Å²) in [7, 11) is -0.923. The van der Waals surface area contributed by atoms with Crippen LogP contribution in [0.1, 0.15) is 0 Å². The molecule has 3 aromatic carbocycles. The van der Waals surface area contributed by atoms with Gasteiger partial charge in [0.1, 0.15) is 5.75 Å². The maximum absolute atomic E-state index is 6.26. The number of nitrogens with two attached hydrogens (primary N) is 1. The minimum atomic E-state index is -0.923. The highest BCUT2D eigenvalue weighted by Gasteiger charge is 2.17. The van der Waals surface area contributed by atoms with Gasteiger partial charge in [0, 0.05) is 10.6 Å². The minimum absolute atomic E-state index is 0.664. The van der Waals surface area contributed by atoms with E-state index in [9.17, 15) is 0 Å². The maximum atomic E-state index is 6.26. The fraction of sp³-hybridized carbons (Fsp3) is 0. The van der Waals surface area contributed by atoms with E-state index in [4.69, 9.17) is 10.3 Å². The van der Waals surface area contributed by atoms with Gasteiger partial charge in [0.15, 0.2) is 8.15 Å². The van der Waals surface area contributed by atoms with Gasteiger partial charge in [-0.2, -0.15) is 0 Å². The molecule has 0 aromatic heterocycles. The van der Waals surface area contributed by atoms with Crippen molar-refractivity contribution in [1.82, 2.24) is 0 Å². The fourth-order valence-electron chi connectivity index (χ4n) is 2.04. The first-order chi connectivity index (χ1) is 10.3. The Bertz CT molecular complexity index is 661. The Labute approximate surface area is 126 Å². The van der Waals surface area contributed by atoms with Gasteiger partial charge in [-0.05, 0) is 12.1 Å². The molecular weight excluding hydrogens is 277 g/mol. The number of benzene rings is 3. The van der Waals surface area contributed by atoms with Crippen molar-refractivity contribution >= 4 is 24.4 Å². The number of anilines is 1. The zero-order chi connectivity index (χ0) is 14.5. The molecule has 0 bridgehead atoms. The van der Waals surface area contributed by atoms with E-state index >= 15 is 0 Å². The predicted molar refractivity (Wildman–Crippen MR) is 90.6 cm³/mol. The SMILES string of the molecule is Nc1ccccc1OP(c1ccccc1)c1ccccc1. The summed E-state index contributed by atoms with van der Waals surface area (Å²) in [5.74, 6) is 0.733. The summed E-state index contributed by atoms with van der Waals surface area (Å²) in [5, 5.41) is 2.34. The molecular formula is C18H16NOP. The molecule has 104 valence electrons. The number of rotatable bonds is 4. The molecule has 3 rings (SSSR count). The van der Waals surface area contributed by atoms with E-state index in [1.54, 1.807) is 0 Å². The molecule has 0 aliphatic heterocycles. The molecule has 0 unspecified atom stereocenters. The smallest absolute Gasteiger partial charge is 0.150 e. The van der Waals surface area contributed by atoms with Crippen molar-refractivity contribution in [2.24, 2.45) is 0 Å². The lowest BCUT2D eigenvalue weighted by Gasteiger charge is -2.20. The van der Waals surface area contributed by atoms with Crippen LogP contribution in [0.3, 0.4) is 0 Å². The van der Waals surface area contributed by atoms with Crippen LogP contribution in [0.2, 0.25) is 0 Å². The molecule has 0 fully saturated rings. The van der Waals surface area contributed by atoms with Crippen molar-refractivity contribution < 1.29 is 4.52 Å². The lowest BCUT2D eigenvalue weighted by molar-refractivity contribution is 0.633. The van der Waals surface area contributed by atoms with Crippen molar-refractivity contribution in [3.8, 4) is 5.75 Å². The molecule has 3 heteroatoms. The van der Waals surface area contributed by atoms with E-state index in [-0.39, 0.29) is 0 Å². The van der Waals surface area contributed by atoms with Crippen LogP contribution in [0.4, 0.5) is 5.69 Å². The van der Waals surface area contributed by atoms with E-state index in [1.165, 1.54) is 10.6 Å².